The quantitative estimate of drug-likeness (QED) is 0.385. The second kappa shape index (κ2) is 9.40. The van der Waals surface area contributed by atoms with Crippen LogP contribution in [0, 0.1) is 0 Å². The number of carbonyl (C=O) groups excluding carboxylic acids is 2. The lowest BCUT2D eigenvalue weighted by Gasteiger charge is -1.98. The van der Waals surface area contributed by atoms with Crippen LogP contribution < -0.4 is 11.5 Å². The third-order valence-electron chi connectivity index (χ3n) is 2.14. The number of carboxylic acids is 1. The Labute approximate surface area is 125 Å². The second-order valence-corrected chi connectivity index (χ2v) is 3.76. The summed E-state index contributed by atoms with van der Waals surface area (Å²) in [6, 6.07) is 10.3. The van der Waals surface area contributed by atoms with Crippen molar-refractivity contribution in [2.75, 3.05) is 11.5 Å². The molecule has 0 fully saturated rings. The molecule has 8 heteroatoms. The van der Waals surface area contributed by atoms with Crippen LogP contribution in [0.1, 0.15) is 10.4 Å². The molecule has 0 radical (unpaired) electrons. The van der Waals surface area contributed by atoms with Gasteiger partial charge in [-0.2, -0.15) is 9.59 Å². The highest BCUT2D eigenvalue weighted by molar-refractivity contribution is 5.91. The molecule has 0 heterocycles. The fourth-order valence-corrected chi connectivity index (χ4v) is 1.20. The van der Waals surface area contributed by atoms with Gasteiger partial charge in [-0.3, -0.25) is 0 Å². The van der Waals surface area contributed by atoms with Crippen molar-refractivity contribution < 1.29 is 29.7 Å². The number of hydrogen-bond acceptors (Lipinski definition) is 7. The lowest BCUT2D eigenvalue weighted by molar-refractivity contribution is -0.191. The molecule has 22 heavy (non-hydrogen) atoms. The van der Waals surface area contributed by atoms with Crippen molar-refractivity contribution >= 4 is 23.5 Å². The number of benzene rings is 2. The van der Waals surface area contributed by atoms with Gasteiger partial charge < -0.3 is 26.8 Å². The van der Waals surface area contributed by atoms with E-state index in [1.54, 1.807) is 24.3 Å². The van der Waals surface area contributed by atoms with Gasteiger partial charge in [-0.1, -0.05) is 0 Å². The minimum atomic E-state index is -1.19. The van der Waals surface area contributed by atoms with Gasteiger partial charge in [0.2, 0.25) is 0 Å². The van der Waals surface area contributed by atoms with Crippen LogP contribution in [0.4, 0.5) is 11.4 Å². The van der Waals surface area contributed by atoms with Crippen LogP contribution in [0.5, 0.6) is 11.5 Å². The SMILES string of the molecule is Nc1ccc(O)c(C(=O)O)c1.Nc1ccc(O)cc1.O=C=O. The van der Waals surface area contributed by atoms with Crippen LogP contribution >= 0.6 is 0 Å². The average molecular weight is 306 g/mol. The fourth-order valence-electron chi connectivity index (χ4n) is 1.20. The first-order valence-corrected chi connectivity index (χ1v) is 5.67. The van der Waals surface area contributed by atoms with Gasteiger partial charge >= 0.3 is 12.1 Å². The molecule has 2 rings (SSSR count). The van der Waals surface area contributed by atoms with E-state index in [-0.39, 0.29) is 23.2 Å². The van der Waals surface area contributed by atoms with Crippen molar-refractivity contribution in [1.82, 2.24) is 0 Å². The number of nitrogens with two attached hydrogens (primary N) is 2. The van der Waals surface area contributed by atoms with Crippen LogP contribution in [-0.2, 0) is 9.59 Å². The highest BCUT2D eigenvalue weighted by Gasteiger charge is 2.08. The number of hydrogen-bond donors (Lipinski definition) is 5. The van der Waals surface area contributed by atoms with Crippen molar-refractivity contribution in [1.29, 1.82) is 0 Å². The summed E-state index contributed by atoms with van der Waals surface area (Å²) in [5.41, 5.74) is 11.4. The predicted octanol–water partition coefficient (Wildman–Crippen LogP) is 1.06. The lowest BCUT2D eigenvalue weighted by atomic mass is 10.2. The molecule has 0 aliphatic carbocycles. The molecular formula is C14H14N2O6. The summed E-state index contributed by atoms with van der Waals surface area (Å²) in [6.45, 7) is 0. The van der Waals surface area contributed by atoms with Gasteiger partial charge in [0, 0.05) is 11.4 Å². The maximum atomic E-state index is 10.4. The Morgan fingerprint density at radius 1 is 0.909 bits per heavy atom. The monoisotopic (exact) mass is 306 g/mol. The summed E-state index contributed by atoms with van der Waals surface area (Å²) >= 11 is 0. The third kappa shape index (κ3) is 7.17. The maximum Gasteiger partial charge on any atom is 0.373 e. The Hall–Kier alpha value is -3.51. The van der Waals surface area contributed by atoms with Crippen LogP contribution in [0.15, 0.2) is 42.5 Å². The van der Waals surface area contributed by atoms with Gasteiger partial charge in [0.05, 0.1) is 0 Å². The first kappa shape index (κ1) is 18.5. The summed E-state index contributed by atoms with van der Waals surface area (Å²) in [5.74, 6) is -1.21. The lowest BCUT2D eigenvalue weighted by Crippen LogP contribution is -1.97. The van der Waals surface area contributed by atoms with E-state index >= 15 is 0 Å². The molecule has 0 unspecified atom stereocenters. The molecule has 0 saturated heterocycles. The van der Waals surface area contributed by atoms with E-state index < -0.39 is 5.97 Å². The zero-order chi connectivity index (χ0) is 17.1. The number of nitrogen functional groups attached to an aromatic ring is 2. The largest absolute Gasteiger partial charge is 0.508 e. The van der Waals surface area contributed by atoms with Crippen molar-refractivity contribution in [2.45, 2.75) is 0 Å². The highest BCUT2D eigenvalue weighted by atomic mass is 16.4. The number of aromatic hydroxyl groups is 2. The summed E-state index contributed by atoms with van der Waals surface area (Å²) in [4.78, 5) is 26.6. The number of phenolic OH excluding ortho intramolecular Hbond substituents is 1. The average Bonchev–Trinajstić information content (AvgIpc) is 2.46. The van der Waals surface area contributed by atoms with E-state index in [4.69, 9.17) is 36.4 Å². The van der Waals surface area contributed by atoms with E-state index in [0.29, 0.717) is 11.4 Å². The topological polar surface area (TPSA) is 164 Å². The molecule has 0 aromatic heterocycles. The van der Waals surface area contributed by atoms with Crippen LogP contribution in [0.3, 0.4) is 0 Å². The molecule has 8 nitrogen and oxygen atoms in total. The standard InChI is InChI=1S/C7H7NO3.C6H7NO.CO2/c8-4-1-2-6(9)5(3-4)7(10)11;7-5-1-3-6(8)4-2-5;2-1-3/h1-3,9H,8H2,(H,10,11);1-4,8H,7H2;. The number of carboxylic acid groups (broad SMARTS) is 1. The molecule has 0 bridgehead atoms. The Morgan fingerprint density at radius 3 is 1.73 bits per heavy atom. The number of anilines is 2. The number of carbonyl (C=O) groups is 1. The molecule has 0 spiro atoms. The smallest absolute Gasteiger partial charge is 0.373 e. The summed E-state index contributed by atoms with van der Waals surface area (Å²) < 4.78 is 0. The van der Waals surface area contributed by atoms with Gasteiger partial charge in [0.25, 0.3) is 0 Å². The molecule has 2 aromatic carbocycles. The maximum absolute atomic E-state index is 10.4. The van der Waals surface area contributed by atoms with Gasteiger partial charge in [-0.05, 0) is 42.5 Å². The molecule has 0 aliphatic heterocycles. The minimum Gasteiger partial charge on any atom is -0.508 e. The molecule has 2 aromatic rings. The summed E-state index contributed by atoms with van der Waals surface area (Å²) in [5, 5.41) is 26.1. The summed E-state index contributed by atoms with van der Waals surface area (Å²) in [7, 11) is 0. The first-order valence-electron chi connectivity index (χ1n) is 5.67. The zero-order valence-electron chi connectivity index (χ0n) is 11.3. The van der Waals surface area contributed by atoms with E-state index in [0.717, 1.165) is 0 Å². The third-order valence-corrected chi connectivity index (χ3v) is 2.14. The predicted molar refractivity (Wildman–Crippen MR) is 77.0 cm³/mol. The van der Waals surface area contributed by atoms with Crippen LogP contribution in [0.2, 0.25) is 0 Å². The Bertz CT molecular complexity index is 628. The Kier molecular flexibility index (Phi) is 7.90. The molecule has 7 N–H and O–H groups in total. The molecule has 0 amide bonds. The zero-order valence-corrected chi connectivity index (χ0v) is 11.3. The fraction of sp³-hybridized carbons (Fsp3) is 0. The van der Waals surface area contributed by atoms with Crippen molar-refractivity contribution in [2.24, 2.45) is 0 Å². The van der Waals surface area contributed by atoms with Crippen LogP contribution in [0.25, 0.3) is 0 Å². The number of rotatable bonds is 1. The number of aromatic carboxylic acids is 1. The number of phenols is 2. The summed E-state index contributed by atoms with van der Waals surface area (Å²) in [6.07, 6.45) is 0.250. The van der Waals surface area contributed by atoms with E-state index in [1.807, 2.05) is 0 Å². The van der Waals surface area contributed by atoms with Gasteiger partial charge in [0.15, 0.2) is 0 Å². The van der Waals surface area contributed by atoms with Crippen LogP contribution in [-0.4, -0.2) is 27.4 Å². The molecular weight excluding hydrogens is 292 g/mol. The van der Waals surface area contributed by atoms with Gasteiger partial charge in [-0.15, -0.1) is 0 Å². The molecule has 0 atom stereocenters. The van der Waals surface area contributed by atoms with Gasteiger partial charge in [-0.25, -0.2) is 4.79 Å². The van der Waals surface area contributed by atoms with E-state index in [2.05, 4.69) is 0 Å². The van der Waals surface area contributed by atoms with E-state index in [9.17, 15) is 4.79 Å². The second-order valence-electron chi connectivity index (χ2n) is 3.76. The molecule has 0 saturated carbocycles. The molecule has 0 aliphatic rings. The van der Waals surface area contributed by atoms with Crippen molar-refractivity contribution in [3.8, 4) is 11.5 Å². The first-order chi connectivity index (χ1) is 10.3. The van der Waals surface area contributed by atoms with Gasteiger partial charge in [0.1, 0.15) is 17.1 Å². The normalized spacial score (nSPS) is 8.36. The highest BCUT2D eigenvalue weighted by Crippen LogP contribution is 2.19. The minimum absolute atomic E-state index is 0.176. The van der Waals surface area contributed by atoms with Crippen molar-refractivity contribution in [3.05, 3.63) is 48.0 Å². The Balaban J connectivity index is 0.000000352. The van der Waals surface area contributed by atoms with E-state index in [1.165, 1.54) is 18.2 Å². The van der Waals surface area contributed by atoms with Crippen molar-refractivity contribution in [3.63, 3.8) is 0 Å². The molecule has 116 valence electrons. The Morgan fingerprint density at radius 2 is 1.36 bits per heavy atom.